The number of halogens is 1. The minimum atomic E-state index is -0.360. The molecule has 6 heteroatoms. The molecule has 0 bridgehead atoms. The zero-order valence-electron chi connectivity index (χ0n) is 12.4. The molecule has 0 saturated heterocycles. The second-order valence-electron chi connectivity index (χ2n) is 4.40. The van der Waals surface area contributed by atoms with Crippen LogP contribution in [0, 0.1) is 3.57 Å². The molecule has 0 atom stereocenters. The van der Waals surface area contributed by atoms with Crippen LogP contribution in [0.15, 0.2) is 58.9 Å². The fourth-order valence-electron chi connectivity index (χ4n) is 1.83. The van der Waals surface area contributed by atoms with Crippen molar-refractivity contribution in [3.63, 3.8) is 0 Å². The number of rotatable bonds is 5. The van der Waals surface area contributed by atoms with Gasteiger partial charge in [0.05, 0.1) is 18.4 Å². The summed E-state index contributed by atoms with van der Waals surface area (Å²) in [4.78, 5) is 11.5. The van der Waals surface area contributed by atoms with Gasteiger partial charge in [0.2, 0.25) is 0 Å². The van der Waals surface area contributed by atoms with Crippen molar-refractivity contribution in [1.29, 1.82) is 0 Å². The topological polar surface area (TPSA) is 54.3 Å². The Hall–Kier alpha value is -1.96. The van der Waals surface area contributed by atoms with Crippen molar-refractivity contribution >= 4 is 39.9 Å². The second kappa shape index (κ2) is 7.88. The van der Waals surface area contributed by atoms with Crippen molar-refractivity contribution in [1.82, 2.24) is 0 Å². The first kappa shape index (κ1) is 16.4. The van der Waals surface area contributed by atoms with Gasteiger partial charge in [0.15, 0.2) is 0 Å². The summed E-state index contributed by atoms with van der Waals surface area (Å²) in [5.74, 6) is -0.360. The van der Waals surface area contributed by atoms with Crippen LogP contribution in [-0.2, 0) is 4.74 Å². The molecule has 0 spiro atoms. The van der Waals surface area contributed by atoms with Crippen LogP contribution in [0.4, 0.5) is 11.4 Å². The average molecular weight is 409 g/mol. The first-order valence-corrected chi connectivity index (χ1v) is 7.85. The number of esters is 1. The standard InChI is InChI=1S/C16H16IN3O2/c1-3-20(13-7-5-4-6-8-13)19-18-15-10-9-12(11-14(15)17)16(21)22-2/h4-11H,3H2,1-2H3. The molecule has 0 radical (unpaired) electrons. The number of benzene rings is 2. The smallest absolute Gasteiger partial charge is 0.337 e. The number of hydrogen-bond acceptors (Lipinski definition) is 4. The van der Waals surface area contributed by atoms with Gasteiger partial charge in [-0.15, -0.1) is 5.11 Å². The van der Waals surface area contributed by atoms with E-state index < -0.39 is 0 Å². The Kier molecular flexibility index (Phi) is 5.88. The third-order valence-electron chi connectivity index (χ3n) is 2.98. The molecule has 0 N–H and O–H groups in total. The highest BCUT2D eigenvalue weighted by atomic mass is 127. The van der Waals surface area contributed by atoms with E-state index in [0.29, 0.717) is 17.8 Å². The molecule has 0 aliphatic rings. The molecule has 0 aromatic heterocycles. The summed E-state index contributed by atoms with van der Waals surface area (Å²) < 4.78 is 5.54. The third kappa shape index (κ3) is 4.03. The van der Waals surface area contributed by atoms with E-state index in [1.165, 1.54) is 7.11 Å². The van der Waals surface area contributed by atoms with E-state index in [1.54, 1.807) is 18.2 Å². The van der Waals surface area contributed by atoms with Gasteiger partial charge in [0.1, 0.15) is 5.69 Å². The lowest BCUT2D eigenvalue weighted by Gasteiger charge is -2.14. The predicted molar refractivity (Wildman–Crippen MR) is 94.5 cm³/mol. The van der Waals surface area contributed by atoms with Crippen LogP contribution >= 0.6 is 22.6 Å². The number of methoxy groups -OCH3 is 1. The van der Waals surface area contributed by atoms with Crippen molar-refractivity contribution < 1.29 is 9.53 Å². The van der Waals surface area contributed by atoms with Crippen LogP contribution in [0.5, 0.6) is 0 Å². The second-order valence-corrected chi connectivity index (χ2v) is 5.56. The minimum Gasteiger partial charge on any atom is -0.465 e. The fraction of sp³-hybridized carbons (Fsp3) is 0.188. The predicted octanol–water partition coefficient (Wildman–Crippen LogP) is 4.60. The average Bonchev–Trinajstić information content (AvgIpc) is 2.56. The Balaban J connectivity index is 2.20. The maximum absolute atomic E-state index is 11.5. The summed E-state index contributed by atoms with van der Waals surface area (Å²) >= 11 is 2.13. The highest BCUT2D eigenvalue weighted by Crippen LogP contribution is 2.24. The molecule has 0 fully saturated rings. The van der Waals surface area contributed by atoms with Gasteiger partial charge in [-0.1, -0.05) is 23.4 Å². The van der Waals surface area contributed by atoms with Crippen LogP contribution in [0.2, 0.25) is 0 Å². The summed E-state index contributed by atoms with van der Waals surface area (Å²) in [7, 11) is 1.36. The van der Waals surface area contributed by atoms with E-state index in [0.717, 1.165) is 9.26 Å². The third-order valence-corrected chi connectivity index (χ3v) is 3.85. The number of para-hydroxylation sites is 1. The number of nitrogens with zero attached hydrogens (tertiary/aromatic N) is 3. The maximum atomic E-state index is 11.5. The zero-order chi connectivity index (χ0) is 15.9. The molecule has 0 saturated carbocycles. The lowest BCUT2D eigenvalue weighted by atomic mass is 10.2. The van der Waals surface area contributed by atoms with Gasteiger partial charge in [0, 0.05) is 10.1 Å². The Bertz CT molecular complexity index is 674. The van der Waals surface area contributed by atoms with Gasteiger partial charge in [-0.2, -0.15) is 0 Å². The fourth-order valence-corrected chi connectivity index (χ4v) is 2.46. The maximum Gasteiger partial charge on any atom is 0.337 e. The quantitative estimate of drug-likeness (QED) is 0.314. The molecule has 0 amide bonds. The van der Waals surface area contributed by atoms with E-state index in [2.05, 4.69) is 32.9 Å². The number of ether oxygens (including phenoxy) is 1. The van der Waals surface area contributed by atoms with Gasteiger partial charge in [-0.25, -0.2) is 9.80 Å². The molecule has 5 nitrogen and oxygen atoms in total. The molecule has 0 aliphatic carbocycles. The number of carbonyl (C=O) groups is 1. The summed E-state index contributed by atoms with van der Waals surface area (Å²) in [6, 6.07) is 15.0. The highest BCUT2D eigenvalue weighted by molar-refractivity contribution is 14.1. The van der Waals surface area contributed by atoms with E-state index in [9.17, 15) is 4.79 Å². The van der Waals surface area contributed by atoms with Crippen molar-refractivity contribution in [2.45, 2.75) is 6.92 Å². The lowest BCUT2D eigenvalue weighted by Crippen LogP contribution is -2.13. The first-order chi connectivity index (χ1) is 10.7. The van der Waals surface area contributed by atoms with Crippen molar-refractivity contribution in [3.05, 3.63) is 57.7 Å². The molecular weight excluding hydrogens is 393 g/mol. The lowest BCUT2D eigenvalue weighted by molar-refractivity contribution is 0.0600. The van der Waals surface area contributed by atoms with Crippen molar-refractivity contribution in [3.8, 4) is 0 Å². The number of hydrogen-bond donors (Lipinski definition) is 0. The molecule has 2 aromatic rings. The zero-order valence-corrected chi connectivity index (χ0v) is 14.5. The van der Waals surface area contributed by atoms with Crippen LogP contribution in [-0.4, -0.2) is 19.6 Å². The van der Waals surface area contributed by atoms with Gasteiger partial charge < -0.3 is 4.74 Å². The van der Waals surface area contributed by atoms with E-state index >= 15 is 0 Å². The van der Waals surface area contributed by atoms with Crippen LogP contribution in [0.3, 0.4) is 0 Å². The summed E-state index contributed by atoms with van der Waals surface area (Å²) in [6.07, 6.45) is 0. The Morgan fingerprint density at radius 2 is 1.95 bits per heavy atom. The SMILES string of the molecule is CCN(N=Nc1ccc(C(=O)OC)cc1I)c1ccccc1. The number of carbonyl (C=O) groups excluding carboxylic acids is 1. The van der Waals surface area contributed by atoms with Crippen molar-refractivity contribution in [2.24, 2.45) is 10.3 Å². The molecule has 2 rings (SSSR count). The number of anilines is 1. The summed E-state index contributed by atoms with van der Waals surface area (Å²) in [6.45, 7) is 2.72. The molecular formula is C16H16IN3O2. The van der Waals surface area contributed by atoms with E-state index in [4.69, 9.17) is 4.74 Å². The molecule has 0 heterocycles. The molecule has 22 heavy (non-hydrogen) atoms. The highest BCUT2D eigenvalue weighted by Gasteiger charge is 2.08. The molecule has 114 valence electrons. The molecule has 0 unspecified atom stereocenters. The largest absolute Gasteiger partial charge is 0.465 e. The normalized spacial score (nSPS) is 10.7. The van der Waals surface area contributed by atoms with Crippen LogP contribution in [0.25, 0.3) is 0 Å². The van der Waals surface area contributed by atoms with E-state index in [-0.39, 0.29) is 5.97 Å². The van der Waals surface area contributed by atoms with Gasteiger partial charge in [-0.3, -0.25) is 0 Å². The minimum absolute atomic E-state index is 0.360. The van der Waals surface area contributed by atoms with Crippen LogP contribution < -0.4 is 5.01 Å². The molecule has 2 aromatic carbocycles. The monoisotopic (exact) mass is 409 g/mol. The Labute approximate surface area is 143 Å². The van der Waals surface area contributed by atoms with Crippen LogP contribution in [0.1, 0.15) is 17.3 Å². The Morgan fingerprint density at radius 1 is 1.23 bits per heavy atom. The Morgan fingerprint density at radius 3 is 2.55 bits per heavy atom. The first-order valence-electron chi connectivity index (χ1n) is 6.77. The van der Waals surface area contributed by atoms with Gasteiger partial charge >= 0.3 is 5.97 Å². The summed E-state index contributed by atoms with van der Waals surface area (Å²) in [5.41, 5.74) is 2.19. The van der Waals surface area contributed by atoms with E-state index in [1.807, 2.05) is 42.3 Å². The summed E-state index contributed by atoms with van der Waals surface area (Å²) in [5, 5.41) is 10.4. The van der Waals surface area contributed by atoms with Gasteiger partial charge in [0.25, 0.3) is 0 Å². The van der Waals surface area contributed by atoms with Crippen molar-refractivity contribution in [2.75, 3.05) is 18.7 Å². The molecule has 0 aliphatic heterocycles. The van der Waals surface area contributed by atoms with Gasteiger partial charge in [-0.05, 0) is 59.8 Å².